The van der Waals surface area contributed by atoms with Crippen molar-refractivity contribution in [3.63, 3.8) is 0 Å². The molecule has 0 heterocycles. The van der Waals surface area contributed by atoms with E-state index in [-0.39, 0.29) is 0 Å². The summed E-state index contributed by atoms with van der Waals surface area (Å²) in [6.07, 6.45) is 0.419. The average molecular weight is 253 g/mol. The van der Waals surface area contributed by atoms with Gasteiger partial charge in [-0.05, 0) is 13.8 Å². The first kappa shape index (κ1) is 15.3. The fraction of sp³-hybridized carbons (Fsp3) is 0.889. The van der Waals surface area contributed by atoms with E-state index in [0.29, 0.717) is 0 Å². The van der Waals surface area contributed by atoms with Crippen molar-refractivity contribution in [2.24, 2.45) is 0 Å². The zero-order valence-corrected chi connectivity index (χ0v) is 11.0. The molecule has 0 radical (unpaired) electrons. The topological polar surface area (TPSA) is 81.7 Å². The Morgan fingerprint density at radius 3 is 1.94 bits per heavy atom. The van der Waals surface area contributed by atoms with Crippen LogP contribution in [0.15, 0.2) is 0 Å². The molecule has 0 aromatic rings. The minimum Gasteiger partial charge on any atom is -0.354 e. The second kappa shape index (κ2) is 6.17. The number of methoxy groups -OCH3 is 2. The van der Waals surface area contributed by atoms with Crippen LogP contribution in [0.5, 0.6) is 0 Å². The second-order valence-electron chi connectivity index (χ2n) is 3.61. The molecular weight excluding hydrogens is 234 g/mol. The monoisotopic (exact) mass is 253 g/mol. The largest absolute Gasteiger partial charge is 0.354 e. The Hall–Kier alpha value is -0.660. The Kier molecular flexibility index (Phi) is 5.91. The summed E-state index contributed by atoms with van der Waals surface area (Å²) in [6, 6.07) is -0.424. The number of carbonyl (C=O) groups is 1. The van der Waals surface area contributed by atoms with Crippen LogP contribution in [0.1, 0.15) is 13.8 Å². The van der Waals surface area contributed by atoms with E-state index in [1.165, 1.54) is 21.1 Å². The lowest BCUT2D eigenvalue weighted by Crippen LogP contribution is -2.47. The van der Waals surface area contributed by atoms with Crippen molar-refractivity contribution in [3.05, 3.63) is 0 Å². The molecule has 0 aromatic heterocycles. The predicted molar refractivity (Wildman–Crippen MR) is 59.7 cm³/mol. The van der Waals surface area contributed by atoms with Gasteiger partial charge in [0.25, 0.3) is 0 Å². The maximum Gasteiger partial charge on any atom is 0.238 e. The Labute approximate surface area is 96.2 Å². The van der Waals surface area contributed by atoms with Gasteiger partial charge < -0.3 is 14.8 Å². The standard InChI is InChI=1S/C9H19NO5S/c1-6(9(14-3)15-4)10-8(11)7(2)16(5,12)13/h6-7,9H,1-5H3,(H,10,11). The summed E-state index contributed by atoms with van der Waals surface area (Å²) in [4.78, 5) is 11.5. The highest BCUT2D eigenvalue weighted by Gasteiger charge is 2.26. The molecule has 2 unspecified atom stereocenters. The minimum atomic E-state index is -3.38. The van der Waals surface area contributed by atoms with Gasteiger partial charge in [0.15, 0.2) is 16.1 Å². The number of carbonyl (C=O) groups excluding carboxylic acids is 1. The van der Waals surface area contributed by atoms with Gasteiger partial charge in [-0.15, -0.1) is 0 Å². The third-order valence-electron chi connectivity index (χ3n) is 2.25. The lowest BCUT2D eigenvalue weighted by Gasteiger charge is -2.23. The highest BCUT2D eigenvalue weighted by molar-refractivity contribution is 7.92. The van der Waals surface area contributed by atoms with E-state index < -0.39 is 33.3 Å². The van der Waals surface area contributed by atoms with E-state index in [9.17, 15) is 13.2 Å². The van der Waals surface area contributed by atoms with Gasteiger partial charge in [-0.25, -0.2) is 8.42 Å². The van der Waals surface area contributed by atoms with Crippen LogP contribution >= 0.6 is 0 Å². The molecule has 0 rings (SSSR count). The zero-order chi connectivity index (χ0) is 12.9. The number of hydrogen-bond donors (Lipinski definition) is 1. The van der Waals surface area contributed by atoms with E-state index in [2.05, 4.69) is 5.32 Å². The van der Waals surface area contributed by atoms with Gasteiger partial charge in [0.05, 0.1) is 6.04 Å². The molecule has 0 aliphatic rings. The van der Waals surface area contributed by atoms with Crippen molar-refractivity contribution in [1.29, 1.82) is 0 Å². The van der Waals surface area contributed by atoms with Crippen molar-refractivity contribution >= 4 is 15.7 Å². The molecule has 0 aliphatic heterocycles. The van der Waals surface area contributed by atoms with Gasteiger partial charge in [-0.2, -0.15) is 0 Å². The van der Waals surface area contributed by atoms with Gasteiger partial charge in [0, 0.05) is 20.5 Å². The van der Waals surface area contributed by atoms with E-state index in [0.717, 1.165) is 6.26 Å². The van der Waals surface area contributed by atoms with Gasteiger partial charge in [0.2, 0.25) is 5.91 Å². The number of sulfone groups is 1. The Morgan fingerprint density at radius 1 is 1.19 bits per heavy atom. The quantitative estimate of drug-likeness (QED) is 0.648. The normalized spacial score (nSPS) is 15.9. The highest BCUT2D eigenvalue weighted by atomic mass is 32.2. The maximum absolute atomic E-state index is 11.5. The van der Waals surface area contributed by atoms with E-state index in [1.54, 1.807) is 6.92 Å². The molecule has 0 saturated heterocycles. The van der Waals surface area contributed by atoms with E-state index in [4.69, 9.17) is 9.47 Å². The summed E-state index contributed by atoms with van der Waals surface area (Å²) in [5.74, 6) is -0.561. The van der Waals surface area contributed by atoms with Crippen LogP contribution in [-0.4, -0.2) is 52.4 Å². The van der Waals surface area contributed by atoms with Crippen LogP contribution in [0.25, 0.3) is 0 Å². The van der Waals surface area contributed by atoms with Gasteiger partial charge in [0.1, 0.15) is 5.25 Å². The van der Waals surface area contributed by atoms with Crippen LogP contribution in [0.2, 0.25) is 0 Å². The number of hydrogen-bond acceptors (Lipinski definition) is 5. The van der Waals surface area contributed by atoms with Gasteiger partial charge >= 0.3 is 0 Å². The van der Waals surface area contributed by atoms with Crippen molar-refractivity contribution < 1.29 is 22.7 Å². The Morgan fingerprint density at radius 2 is 1.62 bits per heavy atom. The highest BCUT2D eigenvalue weighted by Crippen LogP contribution is 2.02. The molecule has 1 N–H and O–H groups in total. The Bertz CT molecular complexity index is 323. The summed E-state index contributed by atoms with van der Waals surface area (Å²) >= 11 is 0. The molecule has 6 nitrogen and oxygen atoms in total. The average Bonchev–Trinajstić information content (AvgIpc) is 2.16. The molecular formula is C9H19NO5S. The molecule has 16 heavy (non-hydrogen) atoms. The smallest absolute Gasteiger partial charge is 0.238 e. The molecule has 0 bridgehead atoms. The summed E-state index contributed by atoms with van der Waals surface area (Å²) in [5.41, 5.74) is 0. The molecule has 1 amide bonds. The predicted octanol–water partition coefficient (Wildman–Crippen LogP) is -0.457. The van der Waals surface area contributed by atoms with Crippen LogP contribution in [0, 0.1) is 0 Å². The van der Waals surface area contributed by atoms with E-state index in [1.807, 2.05) is 0 Å². The SMILES string of the molecule is COC(OC)C(C)NC(=O)C(C)S(C)(=O)=O. The van der Waals surface area contributed by atoms with Gasteiger partial charge in [-0.1, -0.05) is 0 Å². The molecule has 0 aromatic carbocycles. The summed E-state index contributed by atoms with van der Waals surface area (Å²) in [6.45, 7) is 3.01. The first-order chi connectivity index (χ1) is 7.23. The number of nitrogens with one attached hydrogen (secondary N) is 1. The molecule has 7 heteroatoms. The van der Waals surface area contributed by atoms with Crippen molar-refractivity contribution in [3.8, 4) is 0 Å². The van der Waals surface area contributed by atoms with Crippen LogP contribution in [-0.2, 0) is 24.1 Å². The summed E-state index contributed by atoms with van der Waals surface area (Å²) in [7, 11) is -0.498. The minimum absolute atomic E-state index is 0.424. The van der Waals surface area contributed by atoms with E-state index >= 15 is 0 Å². The van der Waals surface area contributed by atoms with Crippen LogP contribution in [0.4, 0.5) is 0 Å². The fourth-order valence-electron chi connectivity index (χ4n) is 1.11. The van der Waals surface area contributed by atoms with Crippen molar-refractivity contribution in [2.45, 2.75) is 31.4 Å². The lowest BCUT2D eigenvalue weighted by atomic mass is 10.3. The van der Waals surface area contributed by atoms with Crippen LogP contribution in [0.3, 0.4) is 0 Å². The molecule has 0 spiro atoms. The summed E-state index contributed by atoms with van der Waals surface area (Å²) < 4.78 is 32.2. The number of ether oxygens (including phenoxy) is 2. The second-order valence-corrected chi connectivity index (χ2v) is 5.97. The zero-order valence-electron chi connectivity index (χ0n) is 10.2. The molecule has 0 fully saturated rings. The summed E-state index contributed by atoms with van der Waals surface area (Å²) in [5, 5.41) is 1.44. The molecule has 96 valence electrons. The van der Waals surface area contributed by atoms with Gasteiger partial charge in [-0.3, -0.25) is 4.79 Å². The van der Waals surface area contributed by atoms with Crippen molar-refractivity contribution in [1.82, 2.24) is 5.32 Å². The third kappa shape index (κ3) is 4.46. The number of amides is 1. The third-order valence-corrected chi connectivity index (χ3v) is 3.75. The first-order valence-corrected chi connectivity index (χ1v) is 6.74. The maximum atomic E-state index is 11.5. The fourth-order valence-corrected chi connectivity index (χ4v) is 1.57. The molecule has 0 saturated carbocycles. The first-order valence-electron chi connectivity index (χ1n) is 4.78. The number of rotatable bonds is 6. The van der Waals surface area contributed by atoms with Crippen molar-refractivity contribution in [2.75, 3.05) is 20.5 Å². The molecule has 0 aliphatic carbocycles. The molecule has 2 atom stereocenters. The lowest BCUT2D eigenvalue weighted by molar-refractivity contribution is -0.135. The Balaban J connectivity index is 4.46. The van der Waals surface area contributed by atoms with Crippen LogP contribution < -0.4 is 5.32 Å².